The molecule has 1 saturated heterocycles. The maximum Gasteiger partial charge on any atom is 0.273 e. The fourth-order valence-electron chi connectivity index (χ4n) is 2.12. The average molecular weight is 292 g/mol. The fourth-order valence-corrected chi connectivity index (χ4v) is 2.12. The van der Waals surface area contributed by atoms with Gasteiger partial charge >= 0.3 is 0 Å². The maximum absolute atomic E-state index is 12.5. The molecule has 2 amide bonds. The number of nitrogens with zero attached hydrogens (tertiary/aromatic N) is 2. The zero-order chi connectivity index (χ0) is 15.4. The summed E-state index contributed by atoms with van der Waals surface area (Å²) < 4.78 is 5.33. The summed E-state index contributed by atoms with van der Waals surface area (Å²) in [6, 6.07) is 2.55. The van der Waals surface area contributed by atoms with Gasteiger partial charge in [0.2, 0.25) is 5.91 Å². The molecule has 1 aliphatic heterocycles. The van der Waals surface area contributed by atoms with E-state index in [0.717, 1.165) is 0 Å². The second-order valence-electron chi connectivity index (χ2n) is 5.23. The van der Waals surface area contributed by atoms with Gasteiger partial charge in [0.05, 0.1) is 25.1 Å². The van der Waals surface area contributed by atoms with Crippen LogP contribution in [0.3, 0.4) is 0 Å². The van der Waals surface area contributed by atoms with Crippen LogP contribution in [0.25, 0.3) is 0 Å². The normalized spacial score (nSPS) is 18.6. The van der Waals surface area contributed by atoms with E-state index < -0.39 is 6.04 Å². The predicted molar refractivity (Wildman–Crippen MR) is 77.6 cm³/mol. The van der Waals surface area contributed by atoms with Gasteiger partial charge in [-0.25, -0.2) is 4.98 Å². The molecule has 7 nitrogen and oxygen atoms in total. The predicted octanol–water partition coefficient (Wildman–Crippen LogP) is 0.0294. The summed E-state index contributed by atoms with van der Waals surface area (Å²) >= 11 is 0. The molecule has 7 heteroatoms. The summed E-state index contributed by atoms with van der Waals surface area (Å²) in [5, 5.41) is 2.80. The molecule has 0 aliphatic carbocycles. The quantitative estimate of drug-likeness (QED) is 0.819. The molecule has 2 rings (SSSR count). The number of carbonyl (C=O) groups is 2. The minimum atomic E-state index is -0.631. The Hall–Kier alpha value is -2.15. The molecule has 1 atom stereocenters. The van der Waals surface area contributed by atoms with Crippen LogP contribution in [0.2, 0.25) is 0 Å². The molecule has 0 aromatic carbocycles. The van der Waals surface area contributed by atoms with Crippen molar-refractivity contribution in [2.75, 3.05) is 25.5 Å². The van der Waals surface area contributed by atoms with E-state index in [1.165, 1.54) is 11.1 Å². The summed E-state index contributed by atoms with van der Waals surface area (Å²) in [6.07, 6.45) is 1.43. The highest BCUT2D eigenvalue weighted by Crippen LogP contribution is 2.13. The molecular formula is C14H20N4O3. The number of nitrogens with two attached hydrogens (primary N) is 1. The van der Waals surface area contributed by atoms with Gasteiger partial charge in [0, 0.05) is 12.6 Å². The number of nitrogen functional groups attached to an aromatic ring is 1. The number of carbonyl (C=O) groups excluding carboxylic acids is 2. The van der Waals surface area contributed by atoms with Crippen LogP contribution in [-0.4, -0.2) is 53.5 Å². The summed E-state index contributed by atoms with van der Waals surface area (Å²) in [7, 11) is 0. The molecule has 0 bridgehead atoms. The lowest BCUT2D eigenvalue weighted by atomic mass is 10.1. The summed E-state index contributed by atoms with van der Waals surface area (Å²) in [5.74, 6) is -0.504. The summed E-state index contributed by atoms with van der Waals surface area (Å²) in [5.41, 5.74) is 6.32. The smallest absolute Gasteiger partial charge is 0.273 e. The molecule has 21 heavy (non-hydrogen) atoms. The Morgan fingerprint density at radius 3 is 2.86 bits per heavy atom. The fraction of sp³-hybridized carbons (Fsp3) is 0.500. The summed E-state index contributed by atoms with van der Waals surface area (Å²) in [6.45, 7) is 4.71. The molecule has 1 aliphatic rings. The lowest BCUT2D eigenvalue weighted by Crippen LogP contribution is -2.56. The van der Waals surface area contributed by atoms with Crippen molar-refractivity contribution in [3.05, 3.63) is 24.0 Å². The molecule has 2 heterocycles. The number of pyridine rings is 1. The van der Waals surface area contributed by atoms with E-state index >= 15 is 0 Å². The molecule has 1 unspecified atom stereocenters. The van der Waals surface area contributed by atoms with Gasteiger partial charge in [-0.15, -0.1) is 0 Å². The molecule has 0 saturated carbocycles. The number of hydrogen-bond acceptors (Lipinski definition) is 5. The van der Waals surface area contributed by atoms with Gasteiger partial charge in [-0.3, -0.25) is 9.59 Å². The molecule has 3 N–H and O–H groups in total. The minimum absolute atomic E-state index is 0.00558. The van der Waals surface area contributed by atoms with Gasteiger partial charge in [-0.2, -0.15) is 0 Å². The van der Waals surface area contributed by atoms with Crippen molar-refractivity contribution in [2.45, 2.75) is 25.9 Å². The first-order chi connectivity index (χ1) is 9.99. The van der Waals surface area contributed by atoms with Gasteiger partial charge in [-0.1, -0.05) is 0 Å². The molecule has 1 fully saturated rings. The average Bonchev–Trinajstić information content (AvgIpc) is 2.46. The number of ether oxygens (including phenoxy) is 1. The first-order valence-electron chi connectivity index (χ1n) is 6.89. The van der Waals surface area contributed by atoms with Crippen molar-refractivity contribution in [1.29, 1.82) is 0 Å². The Bertz CT molecular complexity index is 515. The summed E-state index contributed by atoms with van der Waals surface area (Å²) in [4.78, 5) is 30.2. The van der Waals surface area contributed by atoms with Gasteiger partial charge in [-0.05, 0) is 26.0 Å². The molecule has 0 radical (unpaired) electrons. The van der Waals surface area contributed by atoms with Crippen LogP contribution in [0.5, 0.6) is 0 Å². The number of nitrogens with one attached hydrogen (secondary N) is 1. The third-order valence-corrected chi connectivity index (χ3v) is 3.13. The standard InChI is InChI=1S/C14H20N4O3/c1-9(2)17-13(19)12-8-21-6-5-18(12)14(20)11-4-3-10(15)7-16-11/h3-4,7,9,12H,5-6,8,15H2,1-2H3,(H,17,19). The van der Waals surface area contributed by atoms with Crippen molar-refractivity contribution in [2.24, 2.45) is 0 Å². The largest absolute Gasteiger partial charge is 0.397 e. The Balaban J connectivity index is 2.16. The van der Waals surface area contributed by atoms with E-state index in [4.69, 9.17) is 10.5 Å². The van der Waals surface area contributed by atoms with Crippen LogP contribution in [0.15, 0.2) is 18.3 Å². The number of anilines is 1. The Kier molecular flexibility index (Phi) is 4.74. The van der Waals surface area contributed by atoms with E-state index in [2.05, 4.69) is 10.3 Å². The second-order valence-corrected chi connectivity index (χ2v) is 5.23. The number of aromatic nitrogens is 1. The van der Waals surface area contributed by atoms with Gasteiger partial charge in [0.1, 0.15) is 11.7 Å². The zero-order valence-corrected chi connectivity index (χ0v) is 12.2. The van der Waals surface area contributed by atoms with E-state index in [1.807, 2.05) is 13.8 Å². The topological polar surface area (TPSA) is 97.5 Å². The van der Waals surface area contributed by atoms with E-state index in [1.54, 1.807) is 12.1 Å². The number of rotatable bonds is 3. The highest BCUT2D eigenvalue weighted by molar-refractivity contribution is 5.96. The van der Waals surface area contributed by atoms with Crippen LogP contribution in [0.4, 0.5) is 5.69 Å². The number of morpholine rings is 1. The van der Waals surface area contributed by atoms with E-state index in [9.17, 15) is 9.59 Å². The Morgan fingerprint density at radius 2 is 2.24 bits per heavy atom. The highest BCUT2D eigenvalue weighted by Gasteiger charge is 2.34. The lowest BCUT2D eigenvalue weighted by Gasteiger charge is -2.34. The lowest BCUT2D eigenvalue weighted by molar-refractivity contribution is -0.131. The van der Waals surface area contributed by atoms with Crippen molar-refractivity contribution in [1.82, 2.24) is 15.2 Å². The van der Waals surface area contributed by atoms with Crippen LogP contribution in [0.1, 0.15) is 24.3 Å². The second kappa shape index (κ2) is 6.53. The molecule has 1 aromatic rings. The Morgan fingerprint density at radius 1 is 1.48 bits per heavy atom. The first-order valence-corrected chi connectivity index (χ1v) is 6.89. The monoisotopic (exact) mass is 292 g/mol. The molecule has 1 aromatic heterocycles. The minimum Gasteiger partial charge on any atom is -0.397 e. The van der Waals surface area contributed by atoms with Crippen molar-refractivity contribution >= 4 is 17.5 Å². The highest BCUT2D eigenvalue weighted by atomic mass is 16.5. The van der Waals surface area contributed by atoms with Crippen molar-refractivity contribution < 1.29 is 14.3 Å². The zero-order valence-electron chi connectivity index (χ0n) is 12.2. The van der Waals surface area contributed by atoms with Crippen molar-refractivity contribution in [3.63, 3.8) is 0 Å². The van der Waals surface area contributed by atoms with Gasteiger partial charge < -0.3 is 20.7 Å². The molecule has 0 spiro atoms. The van der Waals surface area contributed by atoms with Crippen LogP contribution in [-0.2, 0) is 9.53 Å². The van der Waals surface area contributed by atoms with Gasteiger partial charge in [0.15, 0.2) is 0 Å². The first kappa shape index (κ1) is 15.2. The number of amides is 2. The van der Waals surface area contributed by atoms with E-state index in [-0.39, 0.29) is 30.2 Å². The van der Waals surface area contributed by atoms with Crippen LogP contribution >= 0.6 is 0 Å². The van der Waals surface area contributed by atoms with E-state index in [0.29, 0.717) is 18.8 Å². The SMILES string of the molecule is CC(C)NC(=O)C1COCCN1C(=O)c1ccc(N)cn1. The van der Waals surface area contributed by atoms with Crippen molar-refractivity contribution in [3.8, 4) is 0 Å². The Labute approximate surface area is 123 Å². The van der Waals surface area contributed by atoms with Gasteiger partial charge in [0.25, 0.3) is 5.91 Å². The maximum atomic E-state index is 12.5. The number of hydrogen-bond donors (Lipinski definition) is 2. The van der Waals surface area contributed by atoms with Crippen LogP contribution in [0, 0.1) is 0 Å². The third kappa shape index (κ3) is 3.69. The molecule has 114 valence electrons. The van der Waals surface area contributed by atoms with Crippen LogP contribution < -0.4 is 11.1 Å². The molecular weight excluding hydrogens is 272 g/mol. The third-order valence-electron chi connectivity index (χ3n) is 3.13.